The Morgan fingerprint density at radius 3 is 2.59 bits per heavy atom. The normalized spacial score (nSPS) is 10.4. The van der Waals surface area contributed by atoms with E-state index in [0.717, 1.165) is 30.7 Å². The molecule has 3 nitrogen and oxygen atoms in total. The molecule has 2 aromatic rings. The summed E-state index contributed by atoms with van der Waals surface area (Å²) in [6.07, 6.45) is 6.42. The summed E-state index contributed by atoms with van der Waals surface area (Å²) in [5.74, 6) is 0. The molecule has 0 aliphatic rings. The van der Waals surface area contributed by atoms with Crippen molar-refractivity contribution >= 4 is 0 Å². The van der Waals surface area contributed by atoms with Crippen LogP contribution in [-0.2, 0) is 6.42 Å². The van der Waals surface area contributed by atoms with Crippen LogP contribution >= 0.6 is 0 Å². The van der Waals surface area contributed by atoms with Gasteiger partial charge in [-0.1, -0.05) is 6.07 Å². The van der Waals surface area contributed by atoms with Crippen LogP contribution in [0.5, 0.6) is 0 Å². The van der Waals surface area contributed by atoms with E-state index >= 15 is 0 Å². The summed E-state index contributed by atoms with van der Waals surface area (Å²) in [5.41, 5.74) is 3.05. The van der Waals surface area contributed by atoms with Crippen LogP contribution < -0.4 is 0 Å². The summed E-state index contributed by atoms with van der Waals surface area (Å²) >= 11 is 0. The summed E-state index contributed by atoms with van der Waals surface area (Å²) in [7, 11) is 0. The minimum atomic E-state index is 0.262. The molecule has 0 unspecified atom stereocenters. The van der Waals surface area contributed by atoms with Crippen molar-refractivity contribution in [2.75, 3.05) is 6.61 Å². The maximum Gasteiger partial charge on any atom is 0.0888 e. The van der Waals surface area contributed by atoms with Gasteiger partial charge in [-0.15, -0.1) is 0 Å². The van der Waals surface area contributed by atoms with Crippen molar-refractivity contribution in [3.05, 3.63) is 48.3 Å². The van der Waals surface area contributed by atoms with Crippen LogP contribution in [0.3, 0.4) is 0 Å². The van der Waals surface area contributed by atoms with Crippen LogP contribution in [-0.4, -0.2) is 21.7 Å². The van der Waals surface area contributed by atoms with E-state index in [9.17, 15) is 0 Å². The number of nitrogens with zero attached hydrogens (tertiary/aromatic N) is 2. The molecule has 2 rings (SSSR count). The Labute approximate surface area is 101 Å². The second-order valence-corrected chi connectivity index (χ2v) is 3.95. The predicted molar refractivity (Wildman–Crippen MR) is 67.5 cm³/mol. The lowest BCUT2D eigenvalue weighted by Crippen LogP contribution is -1.92. The summed E-state index contributed by atoms with van der Waals surface area (Å²) in [6, 6.07) is 9.90. The summed E-state index contributed by atoms with van der Waals surface area (Å²) in [4.78, 5) is 8.61. The van der Waals surface area contributed by atoms with Crippen LogP contribution in [0.4, 0.5) is 0 Å². The van der Waals surface area contributed by atoms with Gasteiger partial charge in [0.05, 0.1) is 11.4 Å². The molecule has 17 heavy (non-hydrogen) atoms. The topological polar surface area (TPSA) is 46.0 Å². The van der Waals surface area contributed by atoms with Gasteiger partial charge in [0.15, 0.2) is 0 Å². The Hall–Kier alpha value is -1.74. The van der Waals surface area contributed by atoms with Crippen molar-refractivity contribution in [1.82, 2.24) is 9.97 Å². The SMILES string of the molecule is OCCCCc1ccnc(-c2ccccn2)c1. The van der Waals surface area contributed by atoms with E-state index < -0.39 is 0 Å². The average Bonchev–Trinajstić information content (AvgIpc) is 2.41. The predicted octanol–water partition coefficient (Wildman–Crippen LogP) is 2.46. The average molecular weight is 228 g/mol. The summed E-state index contributed by atoms with van der Waals surface area (Å²) < 4.78 is 0. The van der Waals surface area contributed by atoms with Crippen LogP contribution in [0.1, 0.15) is 18.4 Å². The second-order valence-electron chi connectivity index (χ2n) is 3.95. The number of hydrogen-bond donors (Lipinski definition) is 1. The van der Waals surface area contributed by atoms with Crippen LogP contribution in [0.25, 0.3) is 11.4 Å². The highest BCUT2D eigenvalue weighted by Gasteiger charge is 2.01. The highest BCUT2D eigenvalue weighted by Crippen LogP contribution is 2.15. The number of aliphatic hydroxyl groups excluding tert-OH is 1. The third kappa shape index (κ3) is 3.36. The number of hydrogen-bond acceptors (Lipinski definition) is 3. The molecule has 0 saturated heterocycles. The van der Waals surface area contributed by atoms with E-state index in [0.29, 0.717) is 0 Å². The van der Waals surface area contributed by atoms with E-state index in [1.807, 2.05) is 30.5 Å². The molecule has 0 atom stereocenters. The molecule has 0 aliphatic heterocycles. The molecule has 0 saturated carbocycles. The second kappa shape index (κ2) is 6.11. The highest BCUT2D eigenvalue weighted by molar-refractivity contribution is 5.54. The number of aryl methyl sites for hydroxylation is 1. The smallest absolute Gasteiger partial charge is 0.0888 e. The van der Waals surface area contributed by atoms with Crippen molar-refractivity contribution < 1.29 is 5.11 Å². The zero-order valence-electron chi connectivity index (χ0n) is 9.71. The third-order valence-corrected chi connectivity index (χ3v) is 2.63. The molecule has 0 aliphatic carbocycles. The van der Waals surface area contributed by atoms with Gasteiger partial charge in [0.1, 0.15) is 0 Å². The fourth-order valence-corrected chi connectivity index (χ4v) is 1.73. The number of unbranched alkanes of at least 4 members (excludes halogenated alkanes) is 1. The highest BCUT2D eigenvalue weighted by atomic mass is 16.2. The minimum absolute atomic E-state index is 0.262. The van der Waals surface area contributed by atoms with E-state index in [4.69, 9.17) is 5.11 Å². The first kappa shape index (κ1) is 11.7. The van der Waals surface area contributed by atoms with Crippen molar-refractivity contribution in [2.45, 2.75) is 19.3 Å². The molecular formula is C14H16N2O. The fraction of sp³-hybridized carbons (Fsp3) is 0.286. The molecule has 0 aromatic carbocycles. The molecule has 3 heteroatoms. The van der Waals surface area contributed by atoms with Gasteiger partial charge in [-0.25, -0.2) is 0 Å². The van der Waals surface area contributed by atoms with Gasteiger partial charge in [0, 0.05) is 19.0 Å². The maximum absolute atomic E-state index is 8.75. The lowest BCUT2D eigenvalue weighted by Gasteiger charge is -2.03. The Bertz CT molecular complexity index is 457. The number of pyridine rings is 2. The monoisotopic (exact) mass is 228 g/mol. The first-order valence-corrected chi connectivity index (χ1v) is 5.87. The Morgan fingerprint density at radius 1 is 0.941 bits per heavy atom. The molecule has 0 bridgehead atoms. The van der Waals surface area contributed by atoms with Gasteiger partial charge in [0.2, 0.25) is 0 Å². The standard InChI is InChI=1S/C14H16N2O/c17-10-4-2-5-12-7-9-16-14(11-12)13-6-1-3-8-15-13/h1,3,6-9,11,17H,2,4-5,10H2. The maximum atomic E-state index is 8.75. The third-order valence-electron chi connectivity index (χ3n) is 2.63. The van der Waals surface area contributed by atoms with E-state index in [-0.39, 0.29) is 6.61 Å². The van der Waals surface area contributed by atoms with Crippen LogP contribution in [0.15, 0.2) is 42.7 Å². The number of aliphatic hydroxyl groups is 1. The largest absolute Gasteiger partial charge is 0.396 e. The van der Waals surface area contributed by atoms with Crippen molar-refractivity contribution in [1.29, 1.82) is 0 Å². The van der Waals surface area contributed by atoms with Crippen molar-refractivity contribution in [2.24, 2.45) is 0 Å². The van der Waals surface area contributed by atoms with E-state index in [2.05, 4.69) is 16.0 Å². The first-order valence-electron chi connectivity index (χ1n) is 5.87. The number of rotatable bonds is 5. The van der Waals surface area contributed by atoms with Gasteiger partial charge in [-0.2, -0.15) is 0 Å². The minimum Gasteiger partial charge on any atom is -0.396 e. The molecule has 1 N–H and O–H groups in total. The Kier molecular flexibility index (Phi) is 4.22. The molecule has 0 spiro atoms. The molecule has 2 heterocycles. The molecule has 0 amide bonds. The van der Waals surface area contributed by atoms with E-state index in [1.165, 1.54) is 5.56 Å². The molecule has 0 radical (unpaired) electrons. The Balaban J connectivity index is 2.12. The fourth-order valence-electron chi connectivity index (χ4n) is 1.73. The molecule has 88 valence electrons. The van der Waals surface area contributed by atoms with E-state index in [1.54, 1.807) is 6.20 Å². The Morgan fingerprint density at radius 2 is 1.82 bits per heavy atom. The van der Waals surface area contributed by atoms with Gasteiger partial charge in [-0.05, 0) is 49.1 Å². The summed E-state index contributed by atoms with van der Waals surface area (Å²) in [6.45, 7) is 0.262. The quantitative estimate of drug-likeness (QED) is 0.799. The molecule has 0 fully saturated rings. The lowest BCUT2D eigenvalue weighted by molar-refractivity contribution is 0.284. The van der Waals surface area contributed by atoms with Crippen LogP contribution in [0.2, 0.25) is 0 Å². The molecular weight excluding hydrogens is 212 g/mol. The van der Waals surface area contributed by atoms with Gasteiger partial charge in [-0.3, -0.25) is 9.97 Å². The number of aromatic nitrogens is 2. The van der Waals surface area contributed by atoms with Crippen LogP contribution in [0, 0.1) is 0 Å². The zero-order valence-corrected chi connectivity index (χ0v) is 9.71. The van der Waals surface area contributed by atoms with Gasteiger partial charge in [0.25, 0.3) is 0 Å². The summed E-state index contributed by atoms with van der Waals surface area (Å²) in [5, 5.41) is 8.75. The van der Waals surface area contributed by atoms with Gasteiger partial charge < -0.3 is 5.11 Å². The lowest BCUT2D eigenvalue weighted by atomic mass is 10.1. The van der Waals surface area contributed by atoms with Crippen molar-refractivity contribution in [3.63, 3.8) is 0 Å². The first-order chi connectivity index (χ1) is 8.40. The van der Waals surface area contributed by atoms with Gasteiger partial charge >= 0.3 is 0 Å². The zero-order chi connectivity index (χ0) is 11.9. The molecule has 2 aromatic heterocycles. The van der Waals surface area contributed by atoms with Crippen molar-refractivity contribution in [3.8, 4) is 11.4 Å².